The average molecular weight is 250 g/mol. The van der Waals surface area contributed by atoms with Crippen LogP contribution in [0.4, 0.5) is 0 Å². The maximum absolute atomic E-state index is 9.00. The Hall–Kier alpha value is -2.42. The summed E-state index contributed by atoms with van der Waals surface area (Å²) in [5.41, 5.74) is 0.452. The first kappa shape index (κ1) is 11.7. The van der Waals surface area contributed by atoms with Crippen LogP contribution in [0.5, 0.6) is 0 Å². The van der Waals surface area contributed by atoms with E-state index in [1.54, 1.807) is 12.4 Å². The average Bonchev–Trinajstić information content (AvgIpc) is 2.48. The number of rotatable bonds is 2. The van der Waals surface area contributed by atoms with Gasteiger partial charge in [-0.3, -0.25) is 4.98 Å². The van der Waals surface area contributed by atoms with Gasteiger partial charge in [0.25, 0.3) is 0 Å². The summed E-state index contributed by atoms with van der Waals surface area (Å²) >= 11 is 0. The van der Waals surface area contributed by atoms with Gasteiger partial charge in [0.1, 0.15) is 0 Å². The molecule has 2 aromatic rings. The minimum Gasteiger partial charge on any atom is -0.411 e. The summed E-state index contributed by atoms with van der Waals surface area (Å²) in [6.45, 7) is 0. The molecule has 3 rings (SSSR count). The molecule has 0 unspecified atom stereocenters. The molecule has 1 aromatic heterocycles. The molecule has 1 N–H and O–H groups in total. The lowest BCUT2D eigenvalue weighted by molar-refractivity contribution is 0.318. The fourth-order valence-electron chi connectivity index (χ4n) is 2.56. The number of benzene rings is 1. The third-order valence-corrected chi connectivity index (χ3v) is 3.50. The Bertz CT molecular complexity index is 683. The molecule has 1 aliphatic carbocycles. The van der Waals surface area contributed by atoms with Crippen LogP contribution in [-0.4, -0.2) is 16.4 Å². The monoisotopic (exact) mass is 250 g/mol. The Kier molecular flexibility index (Phi) is 2.88. The zero-order chi connectivity index (χ0) is 13.1. The van der Waals surface area contributed by atoms with E-state index >= 15 is 0 Å². The smallest absolute Gasteiger partial charge is 0.0734 e. The van der Waals surface area contributed by atoms with Gasteiger partial charge in [-0.2, -0.15) is 0 Å². The first-order valence-corrected chi connectivity index (χ1v) is 6.23. The molecule has 1 atom stereocenters. The Morgan fingerprint density at radius 3 is 2.89 bits per heavy atom. The second-order valence-corrected chi connectivity index (χ2v) is 4.66. The molecule has 0 radical (unpaired) electrons. The van der Waals surface area contributed by atoms with Gasteiger partial charge in [-0.1, -0.05) is 48.6 Å². The third kappa shape index (κ3) is 1.93. The Morgan fingerprint density at radius 2 is 2.11 bits per heavy atom. The van der Waals surface area contributed by atoms with E-state index in [2.05, 4.69) is 28.3 Å². The van der Waals surface area contributed by atoms with Gasteiger partial charge in [-0.15, -0.1) is 5.16 Å². The quantitative estimate of drug-likeness (QED) is 0.504. The number of fused-ring (bicyclic) bond motifs is 1. The van der Waals surface area contributed by atoms with Crippen molar-refractivity contribution in [3.63, 3.8) is 0 Å². The summed E-state index contributed by atoms with van der Waals surface area (Å²) in [4.78, 5) is 4.53. The molecule has 1 aromatic carbocycles. The molecule has 94 valence electrons. The number of allylic oxidation sites excluding steroid dienone is 4. The van der Waals surface area contributed by atoms with E-state index in [9.17, 15) is 0 Å². The van der Waals surface area contributed by atoms with E-state index in [-0.39, 0.29) is 0 Å². The van der Waals surface area contributed by atoms with E-state index in [0.717, 1.165) is 22.9 Å². The van der Waals surface area contributed by atoms with Gasteiger partial charge in [0.2, 0.25) is 0 Å². The molecular formula is C16H14N2O. The van der Waals surface area contributed by atoms with Crippen molar-refractivity contribution < 1.29 is 5.21 Å². The summed E-state index contributed by atoms with van der Waals surface area (Å²) in [6.07, 6.45) is 12.2. The van der Waals surface area contributed by atoms with Crippen LogP contribution in [0.25, 0.3) is 10.8 Å². The molecule has 1 aliphatic rings. The molecule has 0 spiro atoms. The molecule has 19 heavy (non-hydrogen) atoms. The maximum atomic E-state index is 9.00. The molecule has 3 nitrogen and oxygen atoms in total. The van der Waals surface area contributed by atoms with Gasteiger partial charge < -0.3 is 5.21 Å². The highest BCUT2D eigenvalue weighted by atomic mass is 16.4. The number of aromatic nitrogens is 1. The topological polar surface area (TPSA) is 45.5 Å². The number of hydrogen-bond donors (Lipinski definition) is 1. The van der Waals surface area contributed by atoms with Crippen LogP contribution in [0.2, 0.25) is 0 Å². The van der Waals surface area contributed by atoms with Crippen LogP contribution in [0.3, 0.4) is 0 Å². The van der Waals surface area contributed by atoms with Gasteiger partial charge in [-0.25, -0.2) is 0 Å². The third-order valence-electron chi connectivity index (χ3n) is 3.50. The first-order valence-electron chi connectivity index (χ1n) is 6.23. The summed E-state index contributed by atoms with van der Waals surface area (Å²) in [6, 6.07) is 10.1. The second-order valence-electron chi connectivity index (χ2n) is 4.66. The summed E-state index contributed by atoms with van der Waals surface area (Å²) in [7, 11) is 0. The minimum absolute atomic E-state index is 0.468. The highest BCUT2D eigenvalue weighted by molar-refractivity contribution is 5.90. The number of oxime groups is 1. The lowest BCUT2D eigenvalue weighted by Gasteiger charge is -2.27. The highest BCUT2D eigenvalue weighted by Gasteiger charge is 2.31. The van der Waals surface area contributed by atoms with Crippen LogP contribution in [0.1, 0.15) is 12.1 Å². The van der Waals surface area contributed by atoms with E-state index in [0.29, 0.717) is 0 Å². The van der Waals surface area contributed by atoms with Crippen molar-refractivity contribution in [2.45, 2.75) is 11.8 Å². The van der Waals surface area contributed by atoms with Crippen LogP contribution in [0.15, 0.2) is 66.0 Å². The van der Waals surface area contributed by atoms with Crippen molar-refractivity contribution in [1.82, 2.24) is 4.98 Å². The fourth-order valence-corrected chi connectivity index (χ4v) is 2.56. The van der Waals surface area contributed by atoms with Crippen molar-refractivity contribution in [3.8, 4) is 0 Å². The molecule has 0 bridgehead atoms. The van der Waals surface area contributed by atoms with Crippen molar-refractivity contribution in [3.05, 3.63) is 66.5 Å². The zero-order valence-corrected chi connectivity index (χ0v) is 10.4. The Balaban J connectivity index is 2.27. The predicted octanol–water partition coefficient (Wildman–Crippen LogP) is 3.45. The van der Waals surface area contributed by atoms with Crippen molar-refractivity contribution >= 4 is 17.0 Å². The molecule has 0 fully saturated rings. The van der Waals surface area contributed by atoms with Crippen LogP contribution >= 0.6 is 0 Å². The molecule has 3 heteroatoms. The van der Waals surface area contributed by atoms with E-state index in [1.165, 1.54) is 0 Å². The van der Waals surface area contributed by atoms with Crippen molar-refractivity contribution in [2.24, 2.45) is 5.16 Å². The highest BCUT2D eigenvalue weighted by Crippen LogP contribution is 2.34. The predicted molar refractivity (Wildman–Crippen MR) is 76.6 cm³/mol. The normalized spacial score (nSPS) is 22.3. The Morgan fingerprint density at radius 1 is 1.21 bits per heavy atom. The standard InChI is InChI=1S/C16H14N2O/c19-18-12-16(9-4-1-5-10-16)15-14-7-3-2-6-13(14)8-11-17-15/h1-9,11-12,19H,10H2/t16-/m1/s1. The van der Waals surface area contributed by atoms with Crippen LogP contribution < -0.4 is 0 Å². The van der Waals surface area contributed by atoms with Crippen molar-refractivity contribution in [1.29, 1.82) is 0 Å². The van der Waals surface area contributed by atoms with Crippen LogP contribution in [0, 0.1) is 0 Å². The van der Waals surface area contributed by atoms with Gasteiger partial charge in [-0.05, 0) is 17.9 Å². The molecule has 0 aliphatic heterocycles. The molecule has 1 heterocycles. The first-order chi connectivity index (χ1) is 9.36. The zero-order valence-electron chi connectivity index (χ0n) is 10.4. The van der Waals surface area contributed by atoms with Gasteiger partial charge >= 0.3 is 0 Å². The Labute approximate surface area is 111 Å². The lowest BCUT2D eigenvalue weighted by Crippen LogP contribution is -2.27. The fraction of sp³-hybridized carbons (Fsp3) is 0.125. The number of pyridine rings is 1. The second kappa shape index (κ2) is 4.69. The lowest BCUT2D eigenvalue weighted by atomic mass is 9.78. The summed E-state index contributed by atoms with van der Waals surface area (Å²) in [5, 5.41) is 14.5. The molecule has 0 saturated carbocycles. The molecule has 0 amide bonds. The van der Waals surface area contributed by atoms with E-state index < -0.39 is 5.41 Å². The molecular weight excluding hydrogens is 236 g/mol. The van der Waals surface area contributed by atoms with Crippen molar-refractivity contribution in [2.75, 3.05) is 0 Å². The molecule has 0 saturated heterocycles. The van der Waals surface area contributed by atoms with E-state index in [1.807, 2.05) is 36.4 Å². The largest absolute Gasteiger partial charge is 0.411 e. The van der Waals surface area contributed by atoms with E-state index in [4.69, 9.17) is 5.21 Å². The maximum Gasteiger partial charge on any atom is 0.0734 e. The summed E-state index contributed by atoms with van der Waals surface area (Å²) in [5.74, 6) is 0. The van der Waals surface area contributed by atoms with Gasteiger partial charge in [0, 0.05) is 11.6 Å². The van der Waals surface area contributed by atoms with Gasteiger partial charge in [0.05, 0.1) is 17.3 Å². The minimum atomic E-state index is -0.468. The van der Waals surface area contributed by atoms with Gasteiger partial charge in [0.15, 0.2) is 0 Å². The number of nitrogens with zero attached hydrogens (tertiary/aromatic N) is 2. The SMILES string of the molecule is ON=C[C@@]1(c2nccc3ccccc23)C=CC=CC1. The number of hydrogen-bond acceptors (Lipinski definition) is 3. The van der Waals surface area contributed by atoms with Crippen LogP contribution in [-0.2, 0) is 5.41 Å². The summed E-state index contributed by atoms with van der Waals surface area (Å²) < 4.78 is 0.